The number of aliphatic hydroxyl groups is 1. The van der Waals surface area contributed by atoms with Gasteiger partial charge >= 0.3 is 0 Å². The Balaban J connectivity index is 2.34. The highest BCUT2D eigenvalue weighted by Crippen LogP contribution is 2.38. The molecule has 0 aliphatic carbocycles. The minimum Gasteiger partial charge on any atom is -0.543 e. The van der Waals surface area contributed by atoms with Crippen LogP contribution in [-0.2, 0) is 6.42 Å². The molecule has 0 saturated heterocycles. The SMILES string of the molecule is CC(C)(C)[Si](C)(C)Oc1ccc2[nH]cc(CCO)c2c1. The molecule has 0 unspecified atom stereocenters. The summed E-state index contributed by atoms with van der Waals surface area (Å²) in [7, 11) is -1.81. The molecule has 0 spiro atoms. The normalized spacial score (nSPS) is 12.9. The van der Waals surface area contributed by atoms with Crippen LogP contribution in [0.25, 0.3) is 10.9 Å². The predicted molar refractivity (Wildman–Crippen MR) is 86.9 cm³/mol. The Bertz CT molecular complexity index is 596. The van der Waals surface area contributed by atoms with Crippen LogP contribution in [0, 0.1) is 0 Å². The van der Waals surface area contributed by atoms with Gasteiger partial charge in [0.15, 0.2) is 0 Å². The van der Waals surface area contributed by atoms with E-state index in [0.717, 1.165) is 22.2 Å². The predicted octanol–water partition coefficient (Wildman–Crippen LogP) is 4.09. The van der Waals surface area contributed by atoms with E-state index in [2.05, 4.69) is 51.0 Å². The summed E-state index contributed by atoms with van der Waals surface area (Å²) < 4.78 is 6.34. The number of fused-ring (bicyclic) bond motifs is 1. The van der Waals surface area contributed by atoms with Crippen LogP contribution >= 0.6 is 0 Å². The molecule has 0 amide bonds. The lowest BCUT2D eigenvalue weighted by molar-refractivity contribution is 0.300. The second-order valence-corrected chi connectivity index (χ2v) is 11.6. The van der Waals surface area contributed by atoms with E-state index in [1.54, 1.807) is 0 Å². The highest BCUT2D eigenvalue weighted by atomic mass is 28.4. The van der Waals surface area contributed by atoms with E-state index >= 15 is 0 Å². The maximum atomic E-state index is 9.12. The van der Waals surface area contributed by atoms with Gasteiger partial charge in [-0.05, 0) is 48.3 Å². The lowest BCUT2D eigenvalue weighted by Gasteiger charge is -2.36. The molecule has 0 saturated carbocycles. The molecule has 20 heavy (non-hydrogen) atoms. The standard InChI is InChI=1S/C16H25NO2Si/c1-16(2,3)20(4,5)19-13-6-7-15-14(10-13)12(8-9-18)11-17-15/h6-7,10-11,17-18H,8-9H2,1-5H3. The number of H-pyrrole nitrogens is 1. The molecule has 0 atom stereocenters. The minimum atomic E-state index is -1.81. The molecule has 0 aliphatic rings. The number of rotatable bonds is 4. The van der Waals surface area contributed by atoms with Crippen molar-refractivity contribution in [1.82, 2.24) is 4.98 Å². The topological polar surface area (TPSA) is 45.2 Å². The first-order valence-electron chi connectivity index (χ1n) is 7.14. The van der Waals surface area contributed by atoms with Gasteiger partial charge in [0.25, 0.3) is 0 Å². The summed E-state index contributed by atoms with van der Waals surface area (Å²) >= 11 is 0. The van der Waals surface area contributed by atoms with Crippen molar-refractivity contribution >= 4 is 19.2 Å². The monoisotopic (exact) mass is 291 g/mol. The van der Waals surface area contributed by atoms with Crippen molar-refractivity contribution in [3.63, 3.8) is 0 Å². The third kappa shape index (κ3) is 2.91. The molecule has 0 aliphatic heterocycles. The summed E-state index contributed by atoms with van der Waals surface area (Å²) in [5.41, 5.74) is 2.24. The van der Waals surface area contributed by atoms with Gasteiger partial charge in [-0.1, -0.05) is 20.8 Å². The van der Waals surface area contributed by atoms with Crippen molar-refractivity contribution in [2.24, 2.45) is 0 Å². The van der Waals surface area contributed by atoms with Crippen LogP contribution in [0.3, 0.4) is 0 Å². The molecule has 4 heteroatoms. The van der Waals surface area contributed by atoms with Gasteiger partial charge in [-0.15, -0.1) is 0 Å². The van der Waals surface area contributed by atoms with E-state index in [1.807, 2.05) is 12.3 Å². The first kappa shape index (κ1) is 15.1. The van der Waals surface area contributed by atoms with Crippen molar-refractivity contribution in [2.45, 2.75) is 45.3 Å². The fourth-order valence-electron chi connectivity index (χ4n) is 2.00. The van der Waals surface area contributed by atoms with E-state index in [4.69, 9.17) is 9.53 Å². The number of aromatic nitrogens is 1. The number of benzene rings is 1. The molecule has 0 bridgehead atoms. The molecule has 3 nitrogen and oxygen atoms in total. The van der Waals surface area contributed by atoms with Gasteiger partial charge in [-0.3, -0.25) is 0 Å². The van der Waals surface area contributed by atoms with Crippen molar-refractivity contribution in [3.8, 4) is 5.75 Å². The van der Waals surface area contributed by atoms with Crippen molar-refractivity contribution in [3.05, 3.63) is 30.0 Å². The van der Waals surface area contributed by atoms with Crippen LogP contribution in [0.15, 0.2) is 24.4 Å². The van der Waals surface area contributed by atoms with Gasteiger partial charge in [-0.25, -0.2) is 0 Å². The minimum absolute atomic E-state index is 0.167. The Kier molecular flexibility index (Phi) is 3.98. The maximum Gasteiger partial charge on any atom is 0.250 e. The Labute approximate surface area is 122 Å². The molecule has 2 N–H and O–H groups in total. The summed E-state index contributed by atoms with van der Waals surface area (Å²) in [5.74, 6) is 0.933. The zero-order valence-corrected chi connectivity index (χ0v) is 14.1. The first-order chi connectivity index (χ1) is 9.24. The summed E-state index contributed by atoms with van der Waals surface area (Å²) in [4.78, 5) is 3.24. The molecule has 1 heterocycles. The molecule has 110 valence electrons. The zero-order chi connectivity index (χ0) is 15.0. The highest BCUT2D eigenvalue weighted by Gasteiger charge is 2.38. The molecular formula is C16H25NO2Si. The quantitative estimate of drug-likeness (QED) is 0.833. The third-order valence-corrected chi connectivity index (χ3v) is 8.66. The average Bonchev–Trinajstić information content (AvgIpc) is 2.71. The fourth-order valence-corrected chi connectivity index (χ4v) is 3.02. The zero-order valence-electron chi connectivity index (χ0n) is 13.1. The van der Waals surface area contributed by atoms with Crippen LogP contribution in [0.5, 0.6) is 5.75 Å². The van der Waals surface area contributed by atoms with E-state index in [0.29, 0.717) is 6.42 Å². The average molecular weight is 291 g/mol. The Morgan fingerprint density at radius 2 is 1.95 bits per heavy atom. The Morgan fingerprint density at radius 1 is 1.25 bits per heavy atom. The van der Waals surface area contributed by atoms with E-state index in [9.17, 15) is 0 Å². The van der Waals surface area contributed by atoms with Gasteiger partial charge in [0.05, 0.1) is 0 Å². The van der Waals surface area contributed by atoms with Crippen LogP contribution in [0.1, 0.15) is 26.3 Å². The van der Waals surface area contributed by atoms with Crippen molar-refractivity contribution in [1.29, 1.82) is 0 Å². The summed E-state index contributed by atoms with van der Waals surface area (Å²) in [6.07, 6.45) is 2.64. The largest absolute Gasteiger partial charge is 0.543 e. The second-order valence-electron chi connectivity index (χ2n) is 6.86. The lowest BCUT2D eigenvalue weighted by atomic mass is 10.1. The molecular weight excluding hydrogens is 266 g/mol. The van der Waals surface area contributed by atoms with Gasteiger partial charge < -0.3 is 14.5 Å². The molecule has 2 aromatic rings. The molecule has 0 fully saturated rings. The van der Waals surface area contributed by atoms with E-state index in [-0.39, 0.29) is 11.6 Å². The van der Waals surface area contributed by atoms with Crippen LogP contribution in [0.4, 0.5) is 0 Å². The number of hydrogen-bond donors (Lipinski definition) is 2. The van der Waals surface area contributed by atoms with E-state index in [1.165, 1.54) is 0 Å². The number of nitrogens with one attached hydrogen (secondary N) is 1. The molecule has 1 aromatic carbocycles. The fraction of sp³-hybridized carbons (Fsp3) is 0.500. The first-order valence-corrected chi connectivity index (χ1v) is 10.1. The van der Waals surface area contributed by atoms with Crippen molar-refractivity contribution in [2.75, 3.05) is 6.61 Å². The van der Waals surface area contributed by atoms with Crippen LogP contribution in [-0.4, -0.2) is 25.0 Å². The van der Waals surface area contributed by atoms with E-state index < -0.39 is 8.32 Å². The highest BCUT2D eigenvalue weighted by molar-refractivity contribution is 6.74. The number of hydrogen-bond acceptors (Lipinski definition) is 2. The molecule has 0 radical (unpaired) electrons. The van der Waals surface area contributed by atoms with Gasteiger partial charge in [0.2, 0.25) is 8.32 Å². The van der Waals surface area contributed by atoms with Gasteiger partial charge in [0.1, 0.15) is 5.75 Å². The Morgan fingerprint density at radius 3 is 2.55 bits per heavy atom. The van der Waals surface area contributed by atoms with Gasteiger partial charge in [0, 0.05) is 23.7 Å². The third-order valence-electron chi connectivity index (χ3n) is 4.30. The summed E-state index contributed by atoms with van der Waals surface area (Å²) in [5, 5.41) is 10.5. The van der Waals surface area contributed by atoms with Gasteiger partial charge in [-0.2, -0.15) is 0 Å². The second kappa shape index (κ2) is 5.26. The van der Waals surface area contributed by atoms with Crippen LogP contribution in [0.2, 0.25) is 18.1 Å². The van der Waals surface area contributed by atoms with Crippen molar-refractivity contribution < 1.29 is 9.53 Å². The number of aromatic amines is 1. The lowest BCUT2D eigenvalue weighted by Crippen LogP contribution is -2.43. The Hall–Kier alpha value is -1.26. The maximum absolute atomic E-state index is 9.12. The smallest absolute Gasteiger partial charge is 0.250 e. The molecule has 1 aromatic heterocycles. The summed E-state index contributed by atoms with van der Waals surface area (Å²) in [6.45, 7) is 11.4. The molecule has 2 rings (SSSR count). The number of aliphatic hydroxyl groups excluding tert-OH is 1. The van der Waals surface area contributed by atoms with Crippen LogP contribution < -0.4 is 4.43 Å². The summed E-state index contributed by atoms with van der Waals surface area (Å²) in [6, 6.07) is 6.18.